The maximum Gasteiger partial charge on any atom is 0.166 e. The molecule has 2 aliphatic rings. The molecule has 1 N–H and O–H groups in total. The van der Waals surface area contributed by atoms with Crippen molar-refractivity contribution in [3.05, 3.63) is 21.7 Å². The molecular formula is C14H18BrNO2. The number of nitrogens with one attached hydrogen (secondary N) is 1. The summed E-state index contributed by atoms with van der Waals surface area (Å²) in [5.74, 6) is 1.80. The zero-order valence-electron chi connectivity index (χ0n) is 11.0. The molecule has 1 heterocycles. The monoisotopic (exact) mass is 311 g/mol. The first-order chi connectivity index (χ1) is 8.54. The van der Waals surface area contributed by atoms with Crippen LogP contribution in [-0.2, 0) is 5.41 Å². The second kappa shape index (κ2) is 4.14. The van der Waals surface area contributed by atoms with Gasteiger partial charge >= 0.3 is 0 Å². The summed E-state index contributed by atoms with van der Waals surface area (Å²) in [5.41, 5.74) is 2.77. The van der Waals surface area contributed by atoms with Crippen molar-refractivity contribution >= 4 is 15.9 Å². The van der Waals surface area contributed by atoms with Gasteiger partial charge in [-0.15, -0.1) is 0 Å². The summed E-state index contributed by atoms with van der Waals surface area (Å²) in [4.78, 5) is 0. The number of rotatable bonds is 1. The molecule has 0 bridgehead atoms. The second-order valence-corrected chi connectivity index (χ2v) is 6.45. The van der Waals surface area contributed by atoms with Crippen LogP contribution in [-0.4, -0.2) is 20.3 Å². The lowest BCUT2D eigenvalue weighted by atomic mass is 9.86. The normalized spacial score (nSPS) is 23.9. The Kier molecular flexibility index (Phi) is 2.83. The third-order valence-corrected chi connectivity index (χ3v) is 4.54. The largest absolute Gasteiger partial charge is 0.486 e. The average molecular weight is 312 g/mol. The van der Waals surface area contributed by atoms with Crippen LogP contribution in [0, 0.1) is 0 Å². The highest BCUT2D eigenvalue weighted by Gasteiger charge is 2.41. The van der Waals surface area contributed by atoms with E-state index in [2.05, 4.69) is 35.1 Å². The van der Waals surface area contributed by atoms with Crippen molar-refractivity contribution in [1.29, 1.82) is 0 Å². The number of benzene rings is 1. The van der Waals surface area contributed by atoms with Crippen LogP contribution in [0.25, 0.3) is 0 Å². The number of halogens is 1. The van der Waals surface area contributed by atoms with Crippen LogP contribution in [0.2, 0.25) is 0 Å². The molecule has 1 atom stereocenters. The third kappa shape index (κ3) is 1.66. The molecule has 0 aromatic heterocycles. The molecule has 3 rings (SSSR count). The lowest BCUT2D eigenvalue weighted by Crippen LogP contribution is -2.20. The highest BCUT2D eigenvalue weighted by Crippen LogP contribution is 2.54. The Morgan fingerprint density at radius 3 is 2.78 bits per heavy atom. The predicted molar refractivity (Wildman–Crippen MR) is 74.6 cm³/mol. The molecule has 1 aromatic rings. The van der Waals surface area contributed by atoms with Gasteiger partial charge in [0, 0.05) is 16.1 Å². The van der Waals surface area contributed by atoms with E-state index in [0.29, 0.717) is 19.3 Å². The van der Waals surface area contributed by atoms with E-state index in [9.17, 15) is 0 Å². The number of fused-ring (bicyclic) bond motifs is 3. The first-order valence-electron chi connectivity index (χ1n) is 6.34. The van der Waals surface area contributed by atoms with E-state index >= 15 is 0 Å². The smallest absolute Gasteiger partial charge is 0.166 e. The molecule has 18 heavy (non-hydrogen) atoms. The zero-order chi connectivity index (χ0) is 12.9. The number of hydrogen-bond acceptors (Lipinski definition) is 3. The highest BCUT2D eigenvalue weighted by atomic mass is 79.9. The van der Waals surface area contributed by atoms with Gasteiger partial charge in [-0.25, -0.2) is 0 Å². The lowest BCUT2D eigenvalue weighted by Gasteiger charge is -2.25. The Balaban J connectivity index is 2.26. The third-order valence-electron chi connectivity index (χ3n) is 3.91. The van der Waals surface area contributed by atoms with Crippen molar-refractivity contribution in [2.45, 2.75) is 31.7 Å². The first-order valence-corrected chi connectivity index (χ1v) is 7.13. The maximum atomic E-state index is 5.86. The van der Waals surface area contributed by atoms with Crippen LogP contribution < -0.4 is 14.8 Å². The Morgan fingerprint density at radius 1 is 1.33 bits per heavy atom. The van der Waals surface area contributed by atoms with Gasteiger partial charge in [0.2, 0.25) is 0 Å². The Hall–Kier alpha value is -0.740. The van der Waals surface area contributed by atoms with Crippen molar-refractivity contribution in [3.63, 3.8) is 0 Å². The maximum absolute atomic E-state index is 5.86. The van der Waals surface area contributed by atoms with Crippen molar-refractivity contribution in [3.8, 4) is 11.5 Å². The van der Waals surface area contributed by atoms with Crippen LogP contribution in [0.4, 0.5) is 0 Å². The quantitative estimate of drug-likeness (QED) is 0.864. The van der Waals surface area contributed by atoms with Gasteiger partial charge in [0.1, 0.15) is 13.2 Å². The van der Waals surface area contributed by atoms with Gasteiger partial charge in [0.05, 0.1) is 0 Å². The van der Waals surface area contributed by atoms with E-state index in [0.717, 1.165) is 22.4 Å². The molecule has 1 aliphatic carbocycles. The van der Waals surface area contributed by atoms with Crippen molar-refractivity contribution in [2.75, 3.05) is 20.3 Å². The summed E-state index contributed by atoms with van der Waals surface area (Å²) in [7, 11) is 2.01. The van der Waals surface area contributed by atoms with Crippen LogP contribution in [0.3, 0.4) is 0 Å². The minimum Gasteiger partial charge on any atom is -0.486 e. The standard InChI is InChI=1S/C14H18BrNO2/c1-14(2)7-9(16-3)11-12(14)8(15)6-10-13(11)18-5-4-17-10/h6,9,16H,4-5,7H2,1-3H3. The summed E-state index contributed by atoms with van der Waals surface area (Å²) in [6.45, 7) is 5.83. The predicted octanol–water partition coefficient (Wildman–Crippen LogP) is 3.16. The van der Waals surface area contributed by atoms with Crippen LogP contribution in [0.15, 0.2) is 10.5 Å². The first kappa shape index (κ1) is 12.3. The number of hydrogen-bond donors (Lipinski definition) is 1. The fourth-order valence-electron chi connectivity index (χ4n) is 3.16. The number of ether oxygens (including phenoxy) is 2. The second-order valence-electron chi connectivity index (χ2n) is 5.60. The van der Waals surface area contributed by atoms with Gasteiger partial charge < -0.3 is 14.8 Å². The van der Waals surface area contributed by atoms with Crippen LogP contribution >= 0.6 is 15.9 Å². The summed E-state index contributed by atoms with van der Waals surface area (Å²) in [6, 6.07) is 2.38. The molecule has 0 fully saturated rings. The highest BCUT2D eigenvalue weighted by molar-refractivity contribution is 9.10. The molecule has 1 aliphatic heterocycles. The SMILES string of the molecule is CNC1CC(C)(C)c2c(Br)cc3c(c21)OCCO3. The van der Waals surface area contributed by atoms with E-state index < -0.39 is 0 Å². The average Bonchev–Trinajstić information content (AvgIpc) is 2.62. The minimum absolute atomic E-state index is 0.150. The molecule has 0 radical (unpaired) electrons. The molecular weight excluding hydrogens is 294 g/mol. The topological polar surface area (TPSA) is 30.5 Å². The fraction of sp³-hybridized carbons (Fsp3) is 0.571. The van der Waals surface area contributed by atoms with Gasteiger partial charge in [0.25, 0.3) is 0 Å². The summed E-state index contributed by atoms with van der Waals surface area (Å²) >= 11 is 3.70. The molecule has 0 saturated carbocycles. The molecule has 98 valence electrons. The Morgan fingerprint density at radius 2 is 2.06 bits per heavy atom. The van der Waals surface area contributed by atoms with E-state index in [-0.39, 0.29) is 5.41 Å². The van der Waals surface area contributed by atoms with Crippen molar-refractivity contribution < 1.29 is 9.47 Å². The molecule has 1 aromatic carbocycles. The van der Waals surface area contributed by atoms with Crippen LogP contribution in [0.5, 0.6) is 11.5 Å². The van der Waals surface area contributed by atoms with Crippen molar-refractivity contribution in [2.24, 2.45) is 0 Å². The summed E-state index contributed by atoms with van der Waals surface area (Å²) < 4.78 is 12.7. The molecule has 0 spiro atoms. The van der Waals surface area contributed by atoms with Gasteiger partial charge in [-0.3, -0.25) is 0 Å². The molecule has 1 unspecified atom stereocenters. The molecule has 4 heteroatoms. The van der Waals surface area contributed by atoms with E-state index in [1.807, 2.05) is 13.1 Å². The molecule has 0 saturated heterocycles. The fourth-order valence-corrected chi connectivity index (χ4v) is 4.12. The molecule has 3 nitrogen and oxygen atoms in total. The van der Waals surface area contributed by atoms with Gasteiger partial charge in [-0.05, 0) is 30.5 Å². The lowest BCUT2D eigenvalue weighted by molar-refractivity contribution is 0.169. The minimum atomic E-state index is 0.150. The van der Waals surface area contributed by atoms with Gasteiger partial charge in [-0.1, -0.05) is 29.8 Å². The zero-order valence-corrected chi connectivity index (χ0v) is 12.6. The van der Waals surface area contributed by atoms with Crippen molar-refractivity contribution in [1.82, 2.24) is 5.32 Å². The summed E-state index contributed by atoms with van der Waals surface area (Å²) in [6.07, 6.45) is 1.08. The summed E-state index contributed by atoms with van der Waals surface area (Å²) in [5, 5.41) is 3.40. The van der Waals surface area contributed by atoms with E-state index in [4.69, 9.17) is 9.47 Å². The Labute approximate surface area is 116 Å². The molecule has 0 amide bonds. The van der Waals surface area contributed by atoms with E-state index in [1.165, 1.54) is 11.1 Å². The van der Waals surface area contributed by atoms with Gasteiger partial charge in [0.15, 0.2) is 11.5 Å². The van der Waals surface area contributed by atoms with Crippen LogP contribution in [0.1, 0.15) is 37.4 Å². The Bertz CT molecular complexity index is 499. The van der Waals surface area contributed by atoms with Gasteiger partial charge in [-0.2, -0.15) is 0 Å². The van der Waals surface area contributed by atoms with E-state index in [1.54, 1.807) is 0 Å².